The molecule has 5 heteroatoms. The fourth-order valence-corrected chi connectivity index (χ4v) is 0.609. The fourth-order valence-electron chi connectivity index (χ4n) is 0.203. The van der Waals surface area contributed by atoms with Crippen molar-refractivity contribution < 1.29 is 9.13 Å². The molecule has 0 amide bonds. The van der Waals surface area contributed by atoms with E-state index >= 15 is 0 Å². The van der Waals surface area contributed by atoms with Crippen molar-refractivity contribution in [2.24, 2.45) is 0 Å². The van der Waals surface area contributed by atoms with Gasteiger partial charge in [0.25, 0.3) is 0 Å². The highest BCUT2D eigenvalue weighted by Crippen LogP contribution is 1.74. The lowest BCUT2D eigenvalue weighted by molar-refractivity contribution is -0.474. The largest absolute Gasteiger partial charge is 0.265 e. The van der Waals surface area contributed by atoms with Crippen LogP contribution in [0.1, 0.15) is 0 Å². The Balaban J connectivity index is 3.18. The maximum atomic E-state index is 10.2. The predicted molar refractivity (Wildman–Crippen MR) is 30.8 cm³/mol. The normalized spacial score (nSPS) is 13.1. The highest BCUT2D eigenvalue weighted by molar-refractivity contribution is 7.84. The van der Waals surface area contributed by atoms with Crippen molar-refractivity contribution >= 4 is 10.8 Å². The third-order valence-corrected chi connectivity index (χ3v) is 1.32. The Morgan fingerprint density at radius 1 is 1.75 bits per heavy atom. The summed E-state index contributed by atoms with van der Waals surface area (Å²) in [4.78, 5) is 9.10. The van der Waals surface area contributed by atoms with Crippen molar-refractivity contribution in [3.8, 4) is 0 Å². The molecule has 0 fully saturated rings. The molecule has 0 heterocycles. The lowest BCUT2D eigenvalue weighted by atomic mass is 10.8. The predicted octanol–water partition coefficient (Wildman–Crippen LogP) is -0.358. The van der Waals surface area contributed by atoms with Crippen LogP contribution in [0.2, 0.25) is 0 Å². The van der Waals surface area contributed by atoms with E-state index in [1.54, 1.807) is 0 Å². The van der Waals surface area contributed by atoms with Gasteiger partial charge in [0.05, 0.1) is 5.75 Å². The second kappa shape index (κ2) is 3.54. The fraction of sp³-hybridized carbons (Fsp3) is 1.00. The summed E-state index contributed by atoms with van der Waals surface area (Å²) in [7, 11) is -1.03. The van der Waals surface area contributed by atoms with Crippen molar-refractivity contribution in [1.29, 1.82) is 0 Å². The van der Waals surface area contributed by atoms with Crippen molar-refractivity contribution in [2.75, 3.05) is 18.6 Å². The molecule has 0 aliphatic heterocycles. The molecule has 8 heavy (non-hydrogen) atoms. The van der Waals surface area contributed by atoms with Crippen LogP contribution in [-0.2, 0) is 10.8 Å². The molecule has 0 N–H and O–H groups in total. The summed E-state index contributed by atoms with van der Waals surface area (Å²) in [6.07, 6.45) is 1.45. The molecule has 0 radical (unpaired) electrons. The maximum Gasteiger partial charge on any atom is 0.215 e. The van der Waals surface area contributed by atoms with Crippen LogP contribution in [0.4, 0.5) is 0 Å². The molecule has 1 atom stereocenters. The first-order valence-corrected chi connectivity index (χ1v) is 3.77. The van der Waals surface area contributed by atoms with Gasteiger partial charge in [-0.3, -0.25) is 14.3 Å². The SMILES string of the molecule is CS(=O)CC[N+](=O)[O-]. The van der Waals surface area contributed by atoms with Crippen LogP contribution >= 0.6 is 0 Å². The molecule has 0 aliphatic rings. The third-order valence-electron chi connectivity index (χ3n) is 0.561. The van der Waals surface area contributed by atoms with Gasteiger partial charge in [0.1, 0.15) is 0 Å². The van der Waals surface area contributed by atoms with E-state index in [1.165, 1.54) is 6.26 Å². The average Bonchev–Trinajstić information content (AvgIpc) is 1.61. The minimum atomic E-state index is -1.03. The monoisotopic (exact) mass is 137 g/mol. The number of nitro groups is 1. The second-order valence-electron chi connectivity index (χ2n) is 1.33. The van der Waals surface area contributed by atoms with Crippen LogP contribution in [0.5, 0.6) is 0 Å². The van der Waals surface area contributed by atoms with Crippen LogP contribution < -0.4 is 0 Å². The van der Waals surface area contributed by atoms with Crippen molar-refractivity contribution in [3.05, 3.63) is 10.1 Å². The maximum absolute atomic E-state index is 10.2. The van der Waals surface area contributed by atoms with E-state index in [4.69, 9.17) is 0 Å². The molecule has 0 aromatic rings. The first kappa shape index (κ1) is 7.55. The zero-order chi connectivity index (χ0) is 6.57. The molecular weight excluding hydrogens is 130 g/mol. The Morgan fingerprint density at radius 2 is 2.25 bits per heavy atom. The van der Waals surface area contributed by atoms with Crippen LogP contribution in [0, 0.1) is 10.1 Å². The van der Waals surface area contributed by atoms with E-state index in [-0.39, 0.29) is 12.3 Å². The van der Waals surface area contributed by atoms with Gasteiger partial charge in [-0.25, -0.2) is 0 Å². The van der Waals surface area contributed by atoms with E-state index in [1.807, 2.05) is 0 Å². The molecule has 0 saturated heterocycles. The molecule has 0 rings (SSSR count). The molecule has 0 aliphatic carbocycles. The van der Waals surface area contributed by atoms with E-state index in [9.17, 15) is 14.3 Å². The highest BCUT2D eigenvalue weighted by Gasteiger charge is 1.97. The summed E-state index contributed by atoms with van der Waals surface area (Å²) in [5.74, 6) is 0.160. The van der Waals surface area contributed by atoms with Crippen LogP contribution in [0.3, 0.4) is 0 Å². The number of hydrogen-bond acceptors (Lipinski definition) is 3. The molecule has 0 aromatic carbocycles. The van der Waals surface area contributed by atoms with Crippen molar-refractivity contribution in [2.45, 2.75) is 0 Å². The molecule has 48 valence electrons. The summed E-state index contributed by atoms with van der Waals surface area (Å²) < 4.78 is 10.2. The summed E-state index contributed by atoms with van der Waals surface area (Å²) in [6.45, 7) is -0.191. The van der Waals surface area contributed by atoms with Gasteiger partial charge in [-0.05, 0) is 0 Å². The van der Waals surface area contributed by atoms with Gasteiger partial charge < -0.3 is 0 Å². The molecule has 1 unspecified atom stereocenters. The average molecular weight is 137 g/mol. The Labute approximate surface area is 49.5 Å². The van der Waals surface area contributed by atoms with Crippen LogP contribution in [0.15, 0.2) is 0 Å². The first-order chi connectivity index (χ1) is 3.63. The molecule has 0 bridgehead atoms. The summed E-state index contributed by atoms with van der Waals surface area (Å²) in [6, 6.07) is 0. The number of hydrogen-bond donors (Lipinski definition) is 0. The molecule has 0 saturated carbocycles. The molecule has 0 aromatic heterocycles. The summed E-state index contributed by atoms with van der Waals surface area (Å²) >= 11 is 0. The zero-order valence-electron chi connectivity index (χ0n) is 4.49. The van der Waals surface area contributed by atoms with Gasteiger partial charge >= 0.3 is 0 Å². The van der Waals surface area contributed by atoms with E-state index in [2.05, 4.69) is 0 Å². The topological polar surface area (TPSA) is 60.2 Å². The summed E-state index contributed by atoms with van der Waals surface area (Å²) in [5, 5.41) is 9.57. The van der Waals surface area contributed by atoms with Gasteiger partial charge in [0, 0.05) is 22.0 Å². The first-order valence-electron chi connectivity index (χ1n) is 2.04. The van der Waals surface area contributed by atoms with E-state index in [0.717, 1.165) is 0 Å². The third kappa shape index (κ3) is 5.55. The smallest absolute Gasteiger partial charge is 0.215 e. The van der Waals surface area contributed by atoms with Gasteiger partial charge in [-0.1, -0.05) is 0 Å². The van der Waals surface area contributed by atoms with Crippen LogP contribution in [0.25, 0.3) is 0 Å². The van der Waals surface area contributed by atoms with Gasteiger partial charge in [-0.15, -0.1) is 0 Å². The van der Waals surface area contributed by atoms with Gasteiger partial charge in [0.15, 0.2) is 0 Å². The quantitative estimate of drug-likeness (QED) is 0.394. The summed E-state index contributed by atoms with van der Waals surface area (Å²) in [5.41, 5.74) is 0. The van der Waals surface area contributed by atoms with Gasteiger partial charge in [-0.2, -0.15) is 0 Å². The lowest BCUT2D eigenvalue weighted by Crippen LogP contribution is -2.08. The minimum Gasteiger partial charge on any atom is -0.265 e. The Morgan fingerprint density at radius 3 is 2.38 bits per heavy atom. The Kier molecular flexibility index (Phi) is 3.34. The molecule has 0 spiro atoms. The minimum absolute atomic E-state index is 0.160. The Hall–Kier alpha value is -0.450. The van der Waals surface area contributed by atoms with Crippen molar-refractivity contribution in [3.63, 3.8) is 0 Å². The zero-order valence-corrected chi connectivity index (χ0v) is 5.31. The lowest BCUT2D eigenvalue weighted by Gasteiger charge is -1.86. The molecule has 4 nitrogen and oxygen atoms in total. The highest BCUT2D eigenvalue weighted by atomic mass is 32.2. The van der Waals surface area contributed by atoms with E-state index < -0.39 is 15.7 Å². The molecular formula is C3H7NO3S. The van der Waals surface area contributed by atoms with Crippen molar-refractivity contribution in [1.82, 2.24) is 0 Å². The van der Waals surface area contributed by atoms with E-state index in [0.29, 0.717) is 0 Å². The standard InChI is InChI=1S/C3H7NO3S/c1-8(7)3-2-4(5)6/h2-3H2,1H3. The van der Waals surface area contributed by atoms with Crippen LogP contribution in [-0.4, -0.2) is 27.7 Å². The second-order valence-corrected chi connectivity index (χ2v) is 2.89. The Bertz CT molecular complexity index is 99.1. The van der Waals surface area contributed by atoms with Gasteiger partial charge in [0.2, 0.25) is 6.54 Å². The number of rotatable bonds is 3. The number of nitrogens with zero attached hydrogens (tertiary/aromatic N) is 1.